The minimum atomic E-state index is 0.0232. The number of fused-ring (bicyclic) bond motifs is 1. The lowest BCUT2D eigenvalue weighted by Gasteiger charge is -2.27. The lowest BCUT2D eigenvalue weighted by atomic mass is 10.00. The molecule has 0 bridgehead atoms. The van der Waals surface area contributed by atoms with E-state index in [0.717, 1.165) is 17.7 Å². The molecule has 0 aromatic heterocycles. The number of amides is 1. The summed E-state index contributed by atoms with van der Waals surface area (Å²) in [6.45, 7) is 0.649. The summed E-state index contributed by atoms with van der Waals surface area (Å²) in [5.41, 5.74) is 7.07. The van der Waals surface area contributed by atoms with Crippen LogP contribution in [0.1, 0.15) is 37.3 Å². The van der Waals surface area contributed by atoms with Crippen LogP contribution < -0.4 is 15.8 Å². The van der Waals surface area contributed by atoms with Crippen LogP contribution in [0.15, 0.2) is 24.3 Å². The fourth-order valence-electron chi connectivity index (χ4n) is 2.65. The summed E-state index contributed by atoms with van der Waals surface area (Å²) in [7, 11) is 0. The molecule has 1 heterocycles. The molecule has 19 heavy (non-hydrogen) atoms. The normalized spacial score (nSPS) is 23.1. The first-order valence-electron chi connectivity index (χ1n) is 7.00. The van der Waals surface area contributed by atoms with E-state index in [1.54, 1.807) is 0 Å². The first kappa shape index (κ1) is 12.5. The minimum Gasteiger partial charge on any atom is -0.493 e. The molecule has 2 atom stereocenters. The number of nitrogens with two attached hydrogens (primary N) is 1. The Kier molecular flexibility index (Phi) is 3.42. The molecule has 2 unspecified atom stereocenters. The number of ether oxygens (including phenoxy) is 1. The van der Waals surface area contributed by atoms with Crippen LogP contribution in [0.4, 0.5) is 0 Å². The van der Waals surface area contributed by atoms with E-state index < -0.39 is 0 Å². The van der Waals surface area contributed by atoms with E-state index in [4.69, 9.17) is 10.5 Å². The van der Waals surface area contributed by atoms with Gasteiger partial charge < -0.3 is 15.8 Å². The first-order chi connectivity index (χ1) is 9.24. The van der Waals surface area contributed by atoms with Crippen molar-refractivity contribution in [1.29, 1.82) is 0 Å². The predicted octanol–water partition coefficient (Wildman–Crippen LogP) is 1.75. The van der Waals surface area contributed by atoms with Gasteiger partial charge in [0.2, 0.25) is 5.91 Å². The second-order valence-corrected chi connectivity index (χ2v) is 5.50. The lowest BCUT2D eigenvalue weighted by molar-refractivity contribution is -0.122. The van der Waals surface area contributed by atoms with E-state index in [9.17, 15) is 4.79 Å². The zero-order chi connectivity index (χ0) is 13.2. The molecule has 1 aliphatic carbocycles. The molecule has 4 heteroatoms. The molecular weight excluding hydrogens is 240 g/mol. The monoisotopic (exact) mass is 260 g/mol. The van der Waals surface area contributed by atoms with Gasteiger partial charge in [-0.05, 0) is 24.8 Å². The number of hydrogen-bond donors (Lipinski definition) is 2. The summed E-state index contributed by atoms with van der Waals surface area (Å²) in [5, 5.41) is 3.09. The maximum atomic E-state index is 12.0. The number of benzene rings is 1. The smallest absolute Gasteiger partial charge is 0.222 e. The molecule has 1 amide bonds. The minimum absolute atomic E-state index is 0.0232. The standard InChI is InChI=1S/C15H20N2O2/c16-12(10-5-6-10)9-15(18)17-13-7-8-19-14-4-2-1-3-11(13)14/h1-4,10,12-13H,5-9,16H2,(H,17,18). The van der Waals surface area contributed by atoms with Gasteiger partial charge in [-0.15, -0.1) is 0 Å². The second-order valence-electron chi connectivity index (χ2n) is 5.50. The molecule has 1 fully saturated rings. The lowest BCUT2D eigenvalue weighted by Crippen LogP contribution is -2.36. The van der Waals surface area contributed by atoms with Crippen LogP contribution in [0.3, 0.4) is 0 Å². The van der Waals surface area contributed by atoms with Crippen molar-refractivity contribution < 1.29 is 9.53 Å². The van der Waals surface area contributed by atoms with E-state index in [1.165, 1.54) is 12.8 Å². The largest absolute Gasteiger partial charge is 0.493 e. The quantitative estimate of drug-likeness (QED) is 0.867. The average molecular weight is 260 g/mol. The number of rotatable bonds is 4. The molecule has 4 nitrogen and oxygen atoms in total. The fraction of sp³-hybridized carbons (Fsp3) is 0.533. The molecule has 0 radical (unpaired) electrons. The van der Waals surface area contributed by atoms with E-state index in [0.29, 0.717) is 18.9 Å². The highest BCUT2D eigenvalue weighted by molar-refractivity contribution is 5.77. The molecule has 2 aliphatic rings. The van der Waals surface area contributed by atoms with Crippen molar-refractivity contribution in [2.75, 3.05) is 6.61 Å². The van der Waals surface area contributed by atoms with Gasteiger partial charge >= 0.3 is 0 Å². The van der Waals surface area contributed by atoms with Gasteiger partial charge in [-0.25, -0.2) is 0 Å². The van der Waals surface area contributed by atoms with Gasteiger partial charge in [-0.2, -0.15) is 0 Å². The Morgan fingerprint density at radius 1 is 1.37 bits per heavy atom. The van der Waals surface area contributed by atoms with Gasteiger partial charge in [0.25, 0.3) is 0 Å². The summed E-state index contributed by atoms with van der Waals surface area (Å²) in [5.74, 6) is 1.50. The van der Waals surface area contributed by atoms with Crippen molar-refractivity contribution in [3.05, 3.63) is 29.8 Å². The highest BCUT2D eigenvalue weighted by Gasteiger charge is 2.30. The zero-order valence-corrected chi connectivity index (χ0v) is 11.0. The predicted molar refractivity (Wildman–Crippen MR) is 72.8 cm³/mol. The van der Waals surface area contributed by atoms with Crippen molar-refractivity contribution in [3.8, 4) is 5.75 Å². The van der Waals surface area contributed by atoms with E-state index in [2.05, 4.69) is 5.32 Å². The molecule has 1 saturated carbocycles. The van der Waals surface area contributed by atoms with Crippen molar-refractivity contribution in [1.82, 2.24) is 5.32 Å². The number of para-hydroxylation sites is 1. The Morgan fingerprint density at radius 2 is 2.16 bits per heavy atom. The van der Waals surface area contributed by atoms with Crippen molar-refractivity contribution in [3.63, 3.8) is 0 Å². The number of carbonyl (C=O) groups is 1. The van der Waals surface area contributed by atoms with Crippen molar-refractivity contribution in [2.45, 2.75) is 37.8 Å². The van der Waals surface area contributed by atoms with Crippen LogP contribution in [0.2, 0.25) is 0 Å². The SMILES string of the molecule is NC(CC(=O)NC1CCOc2ccccc21)C1CC1. The van der Waals surface area contributed by atoms with Gasteiger partial charge in [0.15, 0.2) is 0 Å². The molecule has 1 aromatic carbocycles. The van der Waals surface area contributed by atoms with Gasteiger partial charge in [0, 0.05) is 24.4 Å². The van der Waals surface area contributed by atoms with Gasteiger partial charge in [-0.3, -0.25) is 4.79 Å². The summed E-state index contributed by atoms with van der Waals surface area (Å²) in [6.07, 6.45) is 3.61. The molecule has 0 spiro atoms. The third-order valence-electron chi connectivity index (χ3n) is 3.94. The molecule has 1 aliphatic heterocycles. The first-order valence-corrected chi connectivity index (χ1v) is 7.00. The van der Waals surface area contributed by atoms with Crippen molar-refractivity contribution >= 4 is 5.91 Å². The van der Waals surface area contributed by atoms with Crippen LogP contribution >= 0.6 is 0 Å². The van der Waals surface area contributed by atoms with Crippen molar-refractivity contribution in [2.24, 2.45) is 11.7 Å². The van der Waals surface area contributed by atoms with Gasteiger partial charge in [-0.1, -0.05) is 18.2 Å². The van der Waals surface area contributed by atoms with Gasteiger partial charge in [0.05, 0.1) is 12.6 Å². The van der Waals surface area contributed by atoms with E-state index in [1.807, 2.05) is 24.3 Å². The summed E-state index contributed by atoms with van der Waals surface area (Å²) < 4.78 is 5.59. The Hall–Kier alpha value is -1.55. The van der Waals surface area contributed by atoms with E-state index in [-0.39, 0.29) is 18.0 Å². The molecule has 0 saturated heterocycles. The maximum absolute atomic E-state index is 12.0. The van der Waals surface area contributed by atoms with Crippen LogP contribution in [0.25, 0.3) is 0 Å². The average Bonchev–Trinajstić information content (AvgIpc) is 3.23. The van der Waals surface area contributed by atoms with E-state index >= 15 is 0 Å². The third-order valence-corrected chi connectivity index (χ3v) is 3.94. The molecule has 1 aromatic rings. The topological polar surface area (TPSA) is 64.4 Å². The highest BCUT2D eigenvalue weighted by Crippen LogP contribution is 2.34. The van der Waals surface area contributed by atoms with Crippen LogP contribution in [0.5, 0.6) is 5.75 Å². The Bertz CT molecular complexity index is 471. The Morgan fingerprint density at radius 3 is 2.95 bits per heavy atom. The third kappa shape index (κ3) is 2.89. The molecule has 3 rings (SSSR count). The Labute approximate surface area is 113 Å². The second kappa shape index (κ2) is 5.21. The zero-order valence-electron chi connectivity index (χ0n) is 11.0. The highest BCUT2D eigenvalue weighted by atomic mass is 16.5. The van der Waals surface area contributed by atoms with Crippen LogP contribution in [-0.4, -0.2) is 18.6 Å². The maximum Gasteiger partial charge on any atom is 0.222 e. The number of carbonyl (C=O) groups excluding carboxylic acids is 1. The molecule has 102 valence electrons. The molecular formula is C15H20N2O2. The number of nitrogens with one attached hydrogen (secondary N) is 1. The van der Waals surface area contributed by atoms with Crippen LogP contribution in [0, 0.1) is 5.92 Å². The number of hydrogen-bond acceptors (Lipinski definition) is 3. The van der Waals surface area contributed by atoms with Gasteiger partial charge in [0.1, 0.15) is 5.75 Å². The summed E-state index contributed by atoms with van der Waals surface area (Å²) in [6, 6.07) is 7.97. The fourth-order valence-corrected chi connectivity index (χ4v) is 2.65. The molecule has 3 N–H and O–H groups in total. The van der Waals surface area contributed by atoms with Crippen LogP contribution in [-0.2, 0) is 4.79 Å². The summed E-state index contributed by atoms with van der Waals surface area (Å²) >= 11 is 0. The Balaban J connectivity index is 1.62. The summed E-state index contributed by atoms with van der Waals surface area (Å²) in [4.78, 5) is 12.0.